The van der Waals surface area contributed by atoms with Crippen molar-refractivity contribution in [2.45, 2.75) is 38.8 Å². The molecule has 1 saturated heterocycles. The van der Waals surface area contributed by atoms with Crippen molar-refractivity contribution in [3.8, 4) is 0 Å². The van der Waals surface area contributed by atoms with E-state index in [2.05, 4.69) is 0 Å². The molecule has 3 unspecified atom stereocenters. The Balaban J connectivity index is 2.49. The van der Waals surface area contributed by atoms with Crippen LogP contribution in [0.3, 0.4) is 0 Å². The van der Waals surface area contributed by atoms with Gasteiger partial charge in [-0.15, -0.1) is 0 Å². The highest BCUT2D eigenvalue weighted by Gasteiger charge is 2.30. The fourth-order valence-corrected chi connectivity index (χ4v) is 1.30. The van der Waals surface area contributed by atoms with E-state index in [9.17, 15) is 5.11 Å². The summed E-state index contributed by atoms with van der Waals surface area (Å²) in [5, 5.41) is 18.4. The van der Waals surface area contributed by atoms with Gasteiger partial charge in [-0.25, -0.2) is 0 Å². The van der Waals surface area contributed by atoms with Crippen molar-refractivity contribution in [1.82, 2.24) is 0 Å². The molecule has 3 nitrogen and oxygen atoms in total. The molecule has 0 aromatic carbocycles. The Morgan fingerprint density at radius 3 is 2.40 bits per heavy atom. The molecular formula is C7H14O3. The SMILES string of the molecule is CC1C[C@H](O)OC(C)C1O. The number of ether oxygens (including phenoxy) is 1. The fraction of sp³-hybridized carbons (Fsp3) is 1.00. The van der Waals surface area contributed by atoms with E-state index in [1.165, 1.54) is 0 Å². The minimum Gasteiger partial charge on any atom is -0.390 e. The second-order valence-corrected chi connectivity index (χ2v) is 3.00. The third-order valence-corrected chi connectivity index (χ3v) is 2.01. The molecule has 0 amide bonds. The van der Waals surface area contributed by atoms with Crippen molar-refractivity contribution in [3.05, 3.63) is 0 Å². The monoisotopic (exact) mass is 146 g/mol. The first-order chi connectivity index (χ1) is 4.61. The Labute approximate surface area is 60.6 Å². The molecule has 0 aliphatic carbocycles. The van der Waals surface area contributed by atoms with Crippen LogP contribution in [0.2, 0.25) is 0 Å². The second-order valence-electron chi connectivity index (χ2n) is 3.00. The van der Waals surface area contributed by atoms with Gasteiger partial charge >= 0.3 is 0 Å². The highest BCUT2D eigenvalue weighted by molar-refractivity contribution is 4.76. The molecule has 1 aliphatic heterocycles. The fourth-order valence-electron chi connectivity index (χ4n) is 1.30. The Morgan fingerprint density at radius 2 is 1.90 bits per heavy atom. The minimum absolute atomic E-state index is 0.138. The summed E-state index contributed by atoms with van der Waals surface area (Å²) in [5.74, 6) is 0.138. The molecule has 0 spiro atoms. The zero-order valence-corrected chi connectivity index (χ0v) is 6.32. The van der Waals surface area contributed by atoms with Crippen LogP contribution in [0.1, 0.15) is 20.3 Å². The zero-order valence-electron chi connectivity index (χ0n) is 6.32. The van der Waals surface area contributed by atoms with Crippen LogP contribution in [-0.2, 0) is 4.74 Å². The molecular weight excluding hydrogens is 132 g/mol. The highest BCUT2D eigenvalue weighted by atomic mass is 16.6. The van der Waals surface area contributed by atoms with E-state index in [-0.39, 0.29) is 12.0 Å². The lowest BCUT2D eigenvalue weighted by Crippen LogP contribution is -2.42. The molecule has 1 fully saturated rings. The molecule has 0 radical (unpaired) electrons. The van der Waals surface area contributed by atoms with Crippen molar-refractivity contribution < 1.29 is 14.9 Å². The van der Waals surface area contributed by atoms with Gasteiger partial charge in [0.25, 0.3) is 0 Å². The molecule has 10 heavy (non-hydrogen) atoms. The maximum atomic E-state index is 9.33. The van der Waals surface area contributed by atoms with Crippen LogP contribution in [-0.4, -0.2) is 28.7 Å². The summed E-state index contributed by atoms with van der Waals surface area (Å²) >= 11 is 0. The summed E-state index contributed by atoms with van der Waals surface area (Å²) in [4.78, 5) is 0. The average molecular weight is 146 g/mol. The molecule has 1 rings (SSSR count). The third kappa shape index (κ3) is 1.48. The molecule has 3 heteroatoms. The van der Waals surface area contributed by atoms with Gasteiger partial charge in [-0.1, -0.05) is 6.92 Å². The number of aliphatic hydroxyl groups is 2. The quantitative estimate of drug-likeness (QED) is 0.510. The van der Waals surface area contributed by atoms with Crippen LogP contribution in [0.15, 0.2) is 0 Å². The van der Waals surface area contributed by atoms with Gasteiger partial charge in [0, 0.05) is 6.42 Å². The lowest BCUT2D eigenvalue weighted by molar-refractivity contribution is -0.209. The second kappa shape index (κ2) is 2.86. The number of hydrogen-bond acceptors (Lipinski definition) is 3. The van der Waals surface area contributed by atoms with E-state index in [0.717, 1.165) is 0 Å². The lowest BCUT2D eigenvalue weighted by Gasteiger charge is -2.33. The molecule has 0 aromatic rings. The Bertz CT molecular complexity index is 103. The average Bonchev–Trinajstić information content (AvgIpc) is 1.82. The highest BCUT2D eigenvalue weighted by Crippen LogP contribution is 2.23. The van der Waals surface area contributed by atoms with Gasteiger partial charge in [0.15, 0.2) is 6.29 Å². The van der Waals surface area contributed by atoms with Crippen molar-refractivity contribution >= 4 is 0 Å². The molecule has 60 valence electrons. The third-order valence-electron chi connectivity index (χ3n) is 2.01. The number of hydrogen-bond donors (Lipinski definition) is 2. The van der Waals surface area contributed by atoms with E-state index < -0.39 is 12.4 Å². The van der Waals surface area contributed by atoms with E-state index >= 15 is 0 Å². The molecule has 1 heterocycles. The van der Waals surface area contributed by atoms with E-state index in [1.54, 1.807) is 6.92 Å². The van der Waals surface area contributed by atoms with Crippen LogP contribution in [0.5, 0.6) is 0 Å². The number of rotatable bonds is 0. The zero-order chi connectivity index (χ0) is 7.72. The summed E-state index contributed by atoms with van der Waals surface area (Å²) < 4.78 is 4.97. The topological polar surface area (TPSA) is 49.7 Å². The first kappa shape index (κ1) is 7.98. The van der Waals surface area contributed by atoms with Crippen molar-refractivity contribution in [2.24, 2.45) is 5.92 Å². The van der Waals surface area contributed by atoms with Gasteiger partial charge in [0.05, 0.1) is 12.2 Å². The standard InChI is InChI=1S/C7H14O3/c1-4-3-6(8)10-5(2)7(4)9/h4-9H,3H2,1-2H3/t4?,5?,6-,7?/m1/s1. The van der Waals surface area contributed by atoms with Crippen LogP contribution in [0.4, 0.5) is 0 Å². The van der Waals surface area contributed by atoms with Gasteiger partial charge in [0.2, 0.25) is 0 Å². The molecule has 2 N–H and O–H groups in total. The Hall–Kier alpha value is -0.120. The van der Waals surface area contributed by atoms with Gasteiger partial charge < -0.3 is 14.9 Å². The predicted octanol–water partition coefficient (Wildman–Crippen LogP) is 0.111. The Kier molecular flexibility index (Phi) is 2.28. The normalized spacial score (nSPS) is 49.2. The van der Waals surface area contributed by atoms with E-state index in [1.807, 2.05) is 6.92 Å². The smallest absolute Gasteiger partial charge is 0.155 e. The summed E-state index contributed by atoms with van der Waals surface area (Å²) in [6.45, 7) is 3.68. The first-order valence-electron chi connectivity index (χ1n) is 3.63. The summed E-state index contributed by atoms with van der Waals surface area (Å²) in [5.41, 5.74) is 0. The maximum Gasteiger partial charge on any atom is 0.155 e. The first-order valence-corrected chi connectivity index (χ1v) is 3.63. The van der Waals surface area contributed by atoms with E-state index in [4.69, 9.17) is 9.84 Å². The lowest BCUT2D eigenvalue weighted by atomic mass is 9.94. The van der Waals surface area contributed by atoms with Gasteiger partial charge in [-0.05, 0) is 12.8 Å². The maximum absolute atomic E-state index is 9.33. The van der Waals surface area contributed by atoms with Crippen LogP contribution >= 0.6 is 0 Å². The largest absolute Gasteiger partial charge is 0.390 e. The Morgan fingerprint density at radius 1 is 1.30 bits per heavy atom. The van der Waals surface area contributed by atoms with E-state index in [0.29, 0.717) is 6.42 Å². The van der Waals surface area contributed by atoms with Crippen molar-refractivity contribution in [1.29, 1.82) is 0 Å². The molecule has 4 atom stereocenters. The molecule has 1 aliphatic rings. The van der Waals surface area contributed by atoms with Gasteiger partial charge in [0.1, 0.15) is 0 Å². The summed E-state index contributed by atoms with van der Waals surface area (Å²) in [6, 6.07) is 0. The summed E-state index contributed by atoms with van der Waals surface area (Å²) in [7, 11) is 0. The number of aliphatic hydroxyl groups excluding tert-OH is 2. The summed E-state index contributed by atoms with van der Waals surface area (Å²) in [6.07, 6.45) is -0.818. The molecule has 0 saturated carbocycles. The minimum atomic E-state index is -0.687. The van der Waals surface area contributed by atoms with Crippen molar-refractivity contribution in [3.63, 3.8) is 0 Å². The van der Waals surface area contributed by atoms with Gasteiger partial charge in [-0.3, -0.25) is 0 Å². The molecule has 0 bridgehead atoms. The van der Waals surface area contributed by atoms with Crippen LogP contribution < -0.4 is 0 Å². The van der Waals surface area contributed by atoms with Crippen LogP contribution in [0.25, 0.3) is 0 Å². The van der Waals surface area contributed by atoms with Gasteiger partial charge in [-0.2, -0.15) is 0 Å². The van der Waals surface area contributed by atoms with Crippen molar-refractivity contribution in [2.75, 3.05) is 0 Å². The molecule has 0 aromatic heterocycles. The van der Waals surface area contributed by atoms with Crippen LogP contribution in [0, 0.1) is 5.92 Å². The predicted molar refractivity (Wildman–Crippen MR) is 36.3 cm³/mol.